The number of fused-ring (bicyclic) bond motifs is 3. The topological polar surface area (TPSA) is 86.5 Å². The van der Waals surface area contributed by atoms with Gasteiger partial charge in [-0.1, -0.05) is 0 Å². The van der Waals surface area contributed by atoms with E-state index in [1.807, 2.05) is 29.9 Å². The summed E-state index contributed by atoms with van der Waals surface area (Å²) in [5, 5.41) is 14.2. The van der Waals surface area contributed by atoms with Gasteiger partial charge in [-0.25, -0.2) is 9.97 Å². The number of aliphatic hydroxyl groups excluding tert-OH is 1. The molecule has 8 heteroatoms. The molecule has 4 aromatic heterocycles. The number of rotatable bonds is 2. The first-order valence-corrected chi connectivity index (χ1v) is 9.40. The minimum Gasteiger partial charge on any atom is -0.391 e. The number of hydrogen-bond acceptors (Lipinski definition) is 5. The minimum atomic E-state index is -0.538. The van der Waals surface area contributed by atoms with Gasteiger partial charge in [0.15, 0.2) is 5.65 Å². The molecule has 4 aromatic rings. The molecule has 1 aliphatic rings. The molecule has 5 rings (SSSR count). The van der Waals surface area contributed by atoms with Gasteiger partial charge in [0.1, 0.15) is 5.82 Å². The fourth-order valence-electron chi connectivity index (χ4n) is 3.83. The van der Waals surface area contributed by atoms with Crippen LogP contribution in [0, 0.1) is 0 Å². The number of nitrogens with zero attached hydrogens (tertiary/aromatic N) is 4. The Morgan fingerprint density at radius 1 is 1.38 bits per heavy atom. The standard InChI is InChI=1S/C18H17N5O2S/c1-10(24)22-8-12(25)6-14(22)18-21-16(11-3-5-26-9-11)15-7-20-17-13(23(15)18)2-4-19-17/h2-5,7,9,12,14,19,25H,6,8H2,1H3. The molecule has 1 fully saturated rings. The minimum absolute atomic E-state index is 0.0558. The van der Waals surface area contributed by atoms with E-state index in [2.05, 4.69) is 19.7 Å². The van der Waals surface area contributed by atoms with Gasteiger partial charge in [0.05, 0.1) is 35.1 Å². The first kappa shape index (κ1) is 15.5. The van der Waals surface area contributed by atoms with Crippen LogP contribution in [0.5, 0.6) is 0 Å². The van der Waals surface area contributed by atoms with E-state index in [9.17, 15) is 9.90 Å². The third-order valence-corrected chi connectivity index (χ3v) is 5.66. The van der Waals surface area contributed by atoms with Gasteiger partial charge in [-0.05, 0) is 17.5 Å². The Morgan fingerprint density at radius 3 is 3.04 bits per heavy atom. The summed E-state index contributed by atoms with van der Waals surface area (Å²) in [5.74, 6) is 0.708. The van der Waals surface area contributed by atoms with Crippen LogP contribution in [0.25, 0.3) is 27.9 Å². The van der Waals surface area contributed by atoms with Gasteiger partial charge >= 0.3 is 0 Å². The number of thiophene rings is 1. The normalized spacial score (nSPS) is 20.5. The number of likely N-dealkylation sites (tertiary alicyclic amines) is 1. The van der Waals surface area contributed by atoms with E-state index in [-0.39, 0.29) is 11.9 Å². The molecule has 5 heterocycles. The molecule has 0 saturated carbocycles. The van der Waals surface area contributed by atoms with Crippen LogP contribution in [0.15, 0.2) is 35.3 Å². The predicted molar refractivity (Wildman–Crippen MR) is 98.9 cm³/mol. The number of carbonyl (C=O) groups is 1. The van der Waals surface area contributed by atoms with E-state index in [0.29, 0.717) is 13.0 Å². The number of aromatic amines is 1. The maximum absolute atomic E-state index is 12.1. The number of β-amino-alcohol motifs (C(OH)–C–C–N with tert-alkyl or cyclic N) is 1. The van der Waals surface area contributed by atoms with Crippen molar-refractivity contribution in [3.05, 3.63) is 41.1 Å². The van der Waals surface area contributed by atoms with Crippen LogP contribution in [0.1, 0.15) is 25.2 Å². The van der Waals surface area contributed by atoms with Gasteiger partial charge < -0.3 is 15.0 Å². The number of aromatic nitrogens is 4. The molecule has 1 amide bonds. The van der Waals surface area contributed by atoms with E-state index in [4.69, 9.17) is 4.98 Å². The number of amides is 1. The van der Waals surface area contributed by atoms with Crippen LogP contribution in [0.2, 0.25) is 0 Å². The SMILES string of the molecule is CC(=O)N1CC(O)CC1c1nc(-c2ccsc2)c2cnc3[nH]ccc3n12. The van der Waals surface area contributed by atoms with Crippen molar-refractivity contribution in [1.29, 1.82) is 0 Å². The Hall–Kier alpha value is -2.71. The molecular weight excluding hydrogens is 350 g/mol. The lowest BCUT2D eigenvalue weighted by atomic mass is 10.2. The molecule has 1 aliphatic heterocycles. The van der Waals surface area contributed by atoms with Crippen LogP contribution in [0.3, 0.4) is 0 Å². The highest BCUT2D eigenvalue weighted by Crippen LogP contribution is 2.37. The molecule has 0 spiro atoms. The van der Waals surface area contributed by atoms with E-state index >= 15 is 0 Å². The summed E-state index contributed by atoms with van der Waals surface area (Å²) in [7, 11) is 0. The summed E-state index contributed by atoms with van der Waals surface area (Å²) in [4.78, 5) is 26.4. The Bertz CT molecular complexity index is 1110. The summed E-state index contributed by atoms with van der Waals surface area (Å²) < 4.78 is 2.06. The molecule has 0 aromatic carbocycles. The van der Waals surface area contributed by atoms with Crippen molar-refractivity contribution >= 4 is 33.9 Å². The first-order valence-electron chi connectivity index (χ1n) is 8.46. The molecule has 0 bridgehead atoms. The van der Waals surface area contributed by atoms with E-state index in [1.54, 1.807) is 16.2 Å². The molecule has 0 aliphatic carbocycles. The molecule has 2 unspecified atom stereocenters. The third kappa shape index (κ3) is 2.19. The molecule has 2 N–H and O–H groups in total. The van der Waals surface area contributed by atoms with Crippen LogP contribution < -0.4 is 0 Å². The maximum atomic E-state index is 12.1. The van der Waals surface area contributed by atoms with Crippen LogP contribution in [0.4, 0.5) is 0 Å². The largest absolute Gasteiger partial charge is 0.391 e. The summed E-state index contributed by atoms with van der Waals surface area (Å²) in [6.07, 6.45) is 3.60. The van der Waals surface area contributed by atoms with Crippen molar-refractivity contribution in [1.82, 2.24) is 24.3 Å². The average Bonchev–Trinajstić information content (AvgIpc) is 3.38. The predicted octanol–water partition coefficient (Wildman–Crippen LogP) is 2.59. The summed E-state index contributed by atoms with van der Waals surface area (Å²) >= 11 is 1.62. The molecule has 2 atom stereocenters. The van der Waals surface area contributed by atoms with Gasteiger partial charge in [-0.15, -0.1) is 0 Å². The fraction of sp³-hybridized carbons (Fsp3) is 0.278. The van der Waals surface area contributed by atoms with Crippen molar-refractivity contribution in [2.45, 2.75) is 25.5 Å². The van der Waals surface area contributed by atoms with Gasteiger partial charge in [0.2, 0.25) is 5.91 Å². The highest BCUT2D eigenvalue weighted by molar-refractivity contribution is 7.08. The van der Waals surface area contributed by atoms with Gasteiger partial charge in [-0.3, -0.25) is 9.20 Å². The molecule has 132 valence electrons. The lowest BCUT2D eigenvalue weighted by molar-refractivity contribution is -0.130. The first-order chi connectivity index (χ1) is 12.6. The van der Waals surface area contributed by atoms with Crippen LogP contribution in [-0.4, -0.2) is 47.9 Å². The molecule has 7 nitrogen and oxygen atoms in total. The van der Waals surface area contributed by atoms with Gasteiger partial charge in [0, 0.05) is 37.0 Å². The number of imidazole rings is 1. The fourth-order valence-corrected chi connectivity index (χ4v) is 4.47. The maximum Gasteiger partial charge on any atom is 0.220 e. The zero-order chi connectivity index (χ0) is 17.8. The Kier molecular flexibility index (Phi) is 3.38. The van der Waals surface area contributed by atoms with Crippen molar-refractivity contribution in [2.24, 2.45) is 0 Å². The zero-order valence-corrected chi connectivity index (χ0v) is 14.9. The second-order valence-corrected chi connectivity index (χ2v) is 7.38. The Balaban J connectivity index is 1.81. The smallest absolute Gasteiger partial charge is 0.220 e. The highest BCUT2D eigenvalue weighted by atomic mass is 32.1. The lowest BCUT2D eigenvalue weighted by Crippen LogP contribution is -2.30. The third-order valence-electron chi connectivity index (χ3n) is 4.98. The second kappa shape index (κ2) is 5.65. The quantitative estimate of drug-likeness (QED) is 0.570. The number of carbonyl (C=O) groups excluding carboxylic acids is 1. The number of H-pyrrole nitrogens is 1. The van der Waals surface area contributed by atoms with Crippen molar-refractivity contribution < 1.29 is 9.90 Å². The summed E-state index contributed by atoms with van der Waals surface area (Å²) in [6.45, 7) is 1.87. The van der Waals surface area contributed by atoms with Crippen molar-refractivity contribution in [3.8, 4) is 11.3 Å². The van der Waals surface area contributed by atoms with E-state index in [0.717, 1.165) is 33.8 Å². The molecular formula is C18H17N5O2S. The molecule has 0 radical (unpaired) electrons. The van der Waals surface area contributed by atoms with Crippen molar-refractivity contribution in [2.75, 3.05) is 6.54 Å². The number of hydrogen-bond donors (Lipinski definition) is 2. The number of aliphatic hydroxyl groups is 1. The van der Waals surface area contributed by atoms with Gasteiger partial charge in [-0.2, -0.15) is 11.3 Å². The van der Waals surface area contributed by atoms with E-state index in [1.165, 1.54) is 6.92 Å². The highest BCUT2D eigenvalue weighted by Gasteiger charge is 2.37. The van der Waals surface area contributed by atoms with Crippen molar-refractivity contribution in [3.63, 3.8) is 0 Å². The summed E-state index contributed by atoms with van der Waals surface area (Å²) in [6, 6.07) is 3.73. The average molecular weight is 367 g/mol. The lowest BCUT2D eigenvalue weighted by Gasteiger charge is -2.22. The second-order valence-electron chi connectivity index (χ2n) is 6.60. The Labute approximate surface area is 152 Å². The molecule has 1 saturated heterocycles. The van der Waals surface area contributed by atoms with Gasteiger partial charge in [0.25, 0.3) is 0 Å². The molecule has 26 heavy (non-hydrogen) atoms. The number of nitrogens with one attached hydrogen (secondary N) is 1. The van der Waals surface area contributed by atoms with Crippen LogP contribution in [-0.2, 0) is 4.79 Å². The Morgan fingerprint density at radius 2 is 2.27 bits per heavy atom. The van der Waals surface area contributed by atoms with E-state index < -0.39 is 6.10 Å². The monoisotopic (exact) mass is 367 g/mol. The van der Waals surface area contributed by atoms with Crippen LogP contribution >= 0.6 is 11.3 Å². The summed E-state index contributed by atoms with van der Waals surface area (Å²) in [5.41, 5.74) is 4.46. The zero-order valence-electron chi connectivity index (χ0n) is 14.1.